The van der Waals surface area contributed by atoms with E-state index < -0.39 is 0 Å². The molecule has 2 aliphatic rings. The number of nitrogens with one attached hydrogen (secondary N) is 1. The van der Waals surface area contributed by atoms with Crippen LogP contribution in [0.15, 0.2) is 0 Å². The Labute approximate surface area is 77.9 Å². The molecule has 2 fully saturated rings. The number of aliphatic hydroxyl groups excluding tert-OH is 1. The molecule has 0 spiro atoms. The highest BCUT2D eigenvalue weighted by Crippen LogP contribution is 2.21. The van der Waals surface area contributed by atoms with E-state index >= 15 is 0 Å². The number of amides is 1. The van der Waals surface area contributed by atoms with Crippen molar-refractivity contribution in [3.8, 4) is 0 Å². The number of rotatable bonds is 2. The van der Waals surface area contributed by atoms with Gasteiger partial charge in [-0.2, -0.15) is 0 Å². The highest BCUT2D eigenvalue weighted by molar-refractivity contribution is 5.80. The predicted octanol–water partition coefficient (Wildman–Crippen LogP) is -0.953. The summed E-state index contributed by atoms with van der Waals surface area (Å²) < 4.78 is 0. The Balaban J connectivity index is 1.94. The topological polar surface area (TPSA) is 52.6 Å². The summed E-state index contributed by atoms with van der Waals surface area (Å²) in [5.74, 6) is 0.383. The number of hydrogen-bond donors (Lipinski definition) is 2. The zero-order valence-corrected chi connectivity index (χ0v) is 7.70. The number of likely N-dealkylation sites (tertiary alicyclic amines) is 1. The molecule has 0 radical (unpaired) electrons. The van der Waals surface area contributed by atoms with Gasteiger partial charge in [-0.25, -0.2) is 0 Å². The molecule has 2 N–H and O–H groups in total. The van der Waals surface area contributed by atoms with E-state index in [-0.39, 0.29) is 24.3 Å². The lowest BCUT2D eigenvalue weighted by atomic mass is 9.94. The summed E-state index contributed by atoms with van der Waals surface area (Å²) in [7, 11) is 0. The van der Waals surface area contributed by atoms with E-state index in [1.54, 1.807) is 0 Å². The Hall–Kier alpha value is -0.610. The molecule has 2 aliphatic heterocycles. The Morgan fingerprint density at radius 3 is 2.77 bits per heavy atom. The second-order valence-electron chi connectivity index (χ2n) is 3.89. The molecule has 2 saturated heterocycles. The average Bonchev–Trinajstić information content (AvgIpc) is 2.47. The maximum absolute atomic E-state index is 11.8. The van der Waals surface area contributed by atoms with Crippen LogP contribution >= 0.6 is 0 Å². The molecule has 4 heteroatoms. The predicted molar refractivity (Wildman–Crippen MR) is 48.1 cm³/mol. The summed E-state index contributed by atoms with van der Waals surface area (Å²) in [6.45, 7) is 3.46. The molecule has 74 valence electrons. The van der Waals surface area contributed by atoms with Crippen LogP contribution in [0, 0.1) is 11.8 Å². The highest BCUT2D eigenvalue weighted by atomic mass is 16.3. The van der Waals surface area contributed by atoms with E-state index in [9.17, 15) is 4.79 Å². The van der Waals surface area contributed by atoms with Gasteiger partial charge in [-0.3, -0.25) is 4.79 Å². The quantitative estimate of drug-likeness (QED) is 0.581. The SMILES string of the molecule is O=C([C@H]1CNC[C@@H]1CO)N1CCC1. The monoisotopic (exact) mass is 184 g/mol. The van der Waals surface area contributed by atoms with Crippen molar-refractivity contribution in [2.75, 3.05) is 32.8 Å². The molecular formula is C9H16N2O2. The summed E-state index contributed by atoms with van der Waals surface area (Å²) in [4.78, 5) is 13.7. The number of hydrogen-bond acceptors (Lipinski definition) is 3. The molecule has 0 aromatic heterocycles. The number of carbonyl (C=O) groups excluding carboxylic acids is 1. The second kappa shape index (κ2) is 3.64. The fourth-order valence-electron chi connectivity index (χ4n) is 1.99. The molecule has 2 rings (SSSR count). The number of carbonyl (C=O) groups is 1. The molecule has 0 unspecified atom stereocenters. The molecule has 1 amide bonds. The third kappa shape index (κ3) is 1.56. The second-order valence-corrected chi connectivity index (χ2v) is 3.89. The van der Waals surface area contributed by atoms with E-state index in [4.69, 9.17) is 5.11 Å². The molecule has 4 nitrogen and oxygen atoms in total. The average molecular weight is 184 g/mol. The van der Waals surface area contributed by atoms with E-state index in [0.717, 1.165) is 32.6 Å². The normalized spacial score (nSPS) is 33.2. The van der Waals surface area contributed by atoms with Gasteiger partial charge in [0.05, 0.1) is 5.92 Å². The van der Waals surface area contributed by atoms with Crippen LogP contribution in [0.4, 0.5) is 0 Å². The maximum Gasteiger partial charge on any atom is 0.227 e. The molecular weight excluding hydrogens is 168 g/mol. The van der Waals surface area contributed by atoms with Crippen molar-refractivity contribution >= 4 is 5.91 Å². The zero-order valence-electron chi connectivity index (χ0n) is 7.70. The van der Waals surface area contributed by atoms with Gasteiger partial charge in [-0.05, 0) is 6.42 Å². The Morgan fingerprint density at radius 2 is 2.23 bits per heavy atom. The smallest absolute Gasteiger partial charge is 0.227 e. The Morgan fingerprint density at radius 1 is 1.46 bits per heavy atom. The van der Waals surface area contributed by atoms with Crippen molar-refractivity contribution in [2.45, 2.75) is 6.42 Å². The van der Waals surface area contributed by atoms with Crippen LogP contribution in [-0.4, -0.2) is 48.7 Å². The highest BCUT2D eigenvalue weighted by Gasteiger charge is 2.36. The zero-order chi connectivity index (χ0) is 9.26. The van der Waals surface area contributed by atoms with Crippen LogP contribution in [0.2, 0.25) is 0 Å². The van der Waals surface area contributed by atoms with E-state index in [1.165, 1.54) is 0 Å². The van der Waals surface area contributed by atoms with E-state index in [0.29, 0.717) is 0 Å². The minimum Gasteiger partial charge on any atom is -0.396 e. The minimum atomic E-state index is 0.0188. The Kier molecular flexibility index (Phi) is 2.51. The van der Waals surface area contributed by atoms with E-state index in [2.05, 4.69) is 5.32 Å². The molecule has 2 heterocycles. The van der Waals surface area contributed by atoms with Crippen LogP contribution in [0.1, 0.15) is 6.42 Å². The summed E-state index contributed by atoms with van der Waals surface area (Å²) in [6.07, 6.45) is 1.13. The first kappa shape index (κ1) is 8.97. The summed E-state index contributed by atoms with van der Waals surface area (Å²) in [6, 6.07) is 0. The van der Waals surface area contributed by atoms with Gasteiger partial charge >= 0.3 is 0 Å². The molecule has 0 aromatic rings. The molecule has 0 bridgehead atoms. The van der Waals surface area contributed by atoms with Crippen LogP contribution in [0.5, 0.6) is 0 Å². The van der Waals surface area contributed by atoms with Gasteiger partial charge in [-0.15, -0.1) is 0 Å². The van der Waals surface area contributed by atoms with Crippen molar-refractivity contribution in [2.24, 2.45) is 11.8 Å². The molecule has 13 heavy (non-hydrogen) atoms. The van der Waals surface area contributed by atoms with Gasteiger partial charge < -0.3 is 15.3 Å². The van der Waals surface area contributed by atoms with Gasteiger partial charge in [0, 0.05) is 38.7 Å². The van der Waals surface area contributed by atoms with Crippen LogP contribution in [0.25, 0.3) is 0 Å². The minimum absolute atomic E-state index is 0.0188. The van der Waals surface area contributed by atoms with E-state index in [1.807, 2.05) is 4.90 Å². The van der Waals surface area contributed by atoms with Crippen LogP contribution in [0.3, 0.4) is 0 Å². The lowest BCUT2D eigenvalue weighted by Gasteiger charge is -2.34. The maximum atomic E-state index is 11.8. The van der Waals surface area contributed by atoms with Crippen molar-refractivity contribution in [3.05, 3.63) is 0 Å². The van der Waals surface area contributed by atoms with Gasteiger partial charge in [0.2, 0.25) is 5.91 Å². The van der Waals surface area contributed by atoms with Crippen LogP contribution in [-0.2, 0) is 4.79 Å². The number of nitrogens with zero attached hydrogens (tertiary/aromatic N) is 1. The first-order valence-corrected chi connectivity index (χ1v) is 4.93. The molecule has 0 aliphatic carbocycles. The fourth-order valence-corrected chi connectivity index (χ4v) is 1.99. The first-order chi connectivity index (χ1) is 6.33. The van der Waals surface area contributed by atoms with Gasteiger partial charge in [0.15, 0.2) is 0 Å². The van der Waals surface area contributed by atoms with Gasteiger partial charge in [0.1, 0.15) is 0 Å². The van der Waals surface area contributed by atoms with Crippen molar-refractivity contribution < 1.29 is 9.90 Å². The first-order valence-electron chi connectivity index (χ1n) is 4.93. The van der Waals surface area contributed by atoms with Crippen molar-refractivity contribution in [1.82, 2.24) is 10.2 Å². The molecule has 2 atom stereocenters. The molecule has 0 saturated carbocycles. The fraction of sp³-hybridized carbons (Fsp3) is 0.889. The largest absolute Gasteiger partial charge is 0.396 e. The summed E-state index contributed by atoms with van der Waals surface area (Å²) >= 11 is 0. The van der Waals surface area contributed by atoms with Gasteiger partial charge in [0.25, 0.3) is 0 Å². The summed E-state index contributed by atoms with van der Waals surface area (Å²) in [5.41, 5.74) is 0. The van der Waals surface area contributed by atoms with Crippen molar-refractivity contribution in [1.29, 1.82) is 0 Å². The lowest BCUT2D eigenvalue weighted by molar-refractivity contribution is -0.140. The molecule has 0 aromatic carbocycles. The number of aliphatic hydroxyl groups is 1. The third-order valence-electron chi connectivity index (χ3n) is 3.06. The standard InChI is InChI=1S/C9H16N2O2/c12-6-7-4-10-5-8(7)9(13)11-2-1-3-11/h7-8,10,12H,1-6H2/t7-,8+/m1/s1. The van der Waals surface area contributed by atoms with Crippen LogP contribution < -0.4 is 5.32 Å². The Bertz CT molecular complexity index is 204. The third-order valence-corrected chi connectivity index (χ3v) is 3.06. The van der Waals surface area contributed by atoms with Gasteiger partial charge in [-0.1, -0.05) is 0 Å². The summed E-state index contributed by atoms with van der Waals surface area (Å²) in [5, 5.41) is 12.2. The van der Waals surface area contributed by atoms with Crippen molar-refractivity contribution in [3.63, 3.8) is 0 Å². The lowest BCUT2D eigenvalue weighted by Crippen LogP contribution is -2.47.